The van der Waals surface area contributed by atoms with E-state index in [1.807, 2.05) is 30.3 Å². The minimum atomic E-state index is -1.22. The first kappa shape index (κ1) is 17.3. The van der Waals surface area contributed by atoms with Crippen LogP contribution in [-0.4, -0.2) is 16.0 Å². The third-order valence-corrected chi connectivity index (χ3v) is 3.36. The van der Waals surface area contributed by atoms with Gasteiger partial charge in [0, 0.05) is 6.08 Å². The van der Waals surface area contributed by atoms with E-state index in [0.717, 1.165) is 17.7 Å². The number of ether oxygens (including phenoxy) is 1. The van der Waals surface area contributed by atoms with Crippen molar-refractivity contribution in [2.24, 2.45) is 5.73 Å². The fraction of sp³-hybridized carbons (Fsp3) is 0.0556. The molecule has 0 aliphatic carbocycles. The molecule has 1 amide bonds. The minimum absolute atomic E-state index is 0.155. The molecule has 0 atom stereocenters. The van der Waals surface area contributed by atoms with Crippen LogP contribution in [0.3, 0.4) is 0 Å². The summed E-state index contributed by atoms with van der Waals surface area (Å²) in [5.74, 6) is -3.41. The maximum absolute atomic E-state index is 14.1. The largest absolute Gasteiger partial charge is 0.482 e. The number of rotatable bonds is 6. The summed E-state index contributed by atoms with van der Waals surface area (Å²) < 4.78 is 37.7. The van der Waals surface area contributed by atoms with Crippen LogP contribution in [0.1, 0.15) is 27.6 Å². The Bertz CT molecular complexity index is 956. The zero-order valence-electron chi connectivity index (χ0n) is 13.4. The first-order chi connectivity index (χ1) is 12.5. The second-order valence-corrected chi connectivity index (χ2v) is 5.18. The molecule has 2 N–H and O–H groups in total. The summed E-state index contributed by atoms with van der Waals surface area (Å²) in [5, 5.41) is 3.70. The predicted octanol–water partition coefficient (Wildman–Crippen LogP) is 3.20. The van der Waals surface area contributed by atoms with E-state index in [9.17, 15) is 13.6 Å². The van der Waals surface area contributed by atoms with Crippen LogP contribution in [0.2, 0.25) is 0 Å². The smallest absolute Gasteiger partial charge is 0.254 e. The third kappa shape index (κ3) is 3.92. The van der Waals surface area contributed by atoms with Crippen molar-refractivity contribution in [1.82, 2.24) is 10.1 Å². The van der Waals surface area contributed by atoms with Gasteiger partial charge in [-0.3, -0.25) is 4.79 Å². The van der Waals surface area contributed by atoms with Crippen molar-refractivity contribution in [2.75, 3.05) is 0 Å². The molecular formula is C18H13F2N3O3. The van der Waals surface area contributed by atoms with Gasteiger partial charge in [0.25, 0.3) is 11.8 Å². The van der Waals surface area contributed by atoms with Gasteiger partial charge in [0.15, 0.2) is 18.2 Å². The van der Waals surface area contributed by atoms with Crippen LogP contribution >= 0.6 is 0 Å². The number of nitrogens with zero attached hydrogens (tertiary/aromatic N) is 2. The summed E-state index contributed by atoms with van der Waals surface area (Å²) in [7, 11) is 0. The zero-order chi connectivity index (χ0) is 18.5. The van der Waals surface area contributed by atoms with Crippen molar-refractivity contribution in [2.45, 2.75) is 6.61 Å². The van der Waals surface area contributed by atoms with E-state index in [-0.39, 0.29) is 24.1 Å². The zero-order valence-corrected chi connectivity index (χ0v) is 13.4. The molecule has 0 spiro atoms. The molecule has 1 heterocycles. The SMILES string of the molecule is NC(=O)c1c(F)ccc(OCc2noc(/C=C/c3ccccc3)n2)c1F. The number of benzene rings is 2. The molecule has 0 bridgehead atoms. The molecule has 0 unspecified atom stereocenters. The Kier molecular flexibility index (Phi) is 5.02. The molecule has 0 aliphatic rings. The van der Waals surface area contributed by atoms with Gasteiger partial charge in [-0.15, -0.1) is 0 Å². The van der Waals surface area contributed by atoms with Crippen LogP contribution in [0, 0.1) is 11.6 Å². The van der Waals surface area contributed by atoms with Crippen LogP contribution in [-0.2, 0) is 6.61 Å². The molecule has 26 heavy (non-hydrogen) atoms. The van der Waals surface area contributed by atoms with Crippen molar-refractivity contribution in [3.05, 3.63) is 76.9 Å². The van der Waals surface area contributed by atoms with Gasteiger partial charge in [0.2, 0.25) is 5.82 Å². The van der Waals surface area contributed by atoms with Crippen molar-refractivity contribution >= 4 is 18.1 Å². The molecule has 0 aliphatic heterocycles. The van der Waals surface area contributed by atoms with E-state index < -0.39 is 23.1 Å². The second kappa shape index (κ2) is 7.56. The highest BCUT2D eigenvalue weighted by Gasteiger charge is 2.19. The average Bonchev–Trinajstić information content (AvgIpc) is 3.08. The third-order valence-electron chi connectivity index (χ3n) is 3.36. The Balaban J connectivity index is 1.68. The lowest BCUT2D eigenvalue weighted by Crippen LogP contribution is -2.16. The van der Waals surface area contributed by atoms with Crippen LogP contribution < -0.4 is 10.5 Å². The van der Waals surface area contributed by atoms with Gasteiger partial charge < -0.3 is 15.0 Å². The quantitative estimate of drug-likeness (QED) is 0.731. The number of nitrogens with two attached hydrogens (primary N) is 1. The van der Waals surface area contributed by atoms with E-state index >= 15 is 0 Å². The van der Waals surface area contributed by atoms with Crippen LogP contribution in [0.15, 0.2) is 47.0 Å². The number of aromatic nitrogens is 2. The Morgan fingerprint density at radius 2 is 1.92 bits per heavy atom. The summed E-state index contributed by atoms with van der Waals surface area (Å²) >= 11 is 0. The highest BCUT2D eigenvalue weighted by Crippen LogP contribution is 2.23. The highest BCUT2D eigenvalue weighted by molar-refractivity contribution is 5.93. The van der Waals surface area contributed by atoms with E-state index in [1.165, 1.54) is 0 Å². The first-order valence-corrected chi connectivity index (χ1v) is 7.51. The lowest BCUT2D eigenvalue weighted by molar-refractivity contribution is 0.0991. The maximum Gasteiger partial charge on any atom is 0.254 e. The summed E-state index contributed by atoms with van der Waals surface area (Å²) in [6.45, 7) is -0.233. The standard InChI is InChI=1S/C18H13F2N3O3/c19-12-7-8-13(17(20)16(12)18(21)24)25-10-14-22-15(26-23-14)9-6-11-4-2-1-3-5-11/h1-9H,10H2,(H2,21,24)/b9-6+. The predicted molar refractivity (Wildman–Crippen MR) is 88.9 cm³/mol. The number of halogens is 2. The highest BCUT2D eigenvalue weighted by atomic mass is 19.1. The first-order valence-electron chi connectivity index (χ1n) is 7.51. The Morgan fingerprint density at radius 1 is 1.15 bits per heavy atom. The van der Waals surface area contributed by atoms with Crippen molar-refractivity contribution in [1.29, 1.82) is 0 Å². The molecule has 3 aromatic rings. The van der Waals surface area contributed by atoms with Gasteiger partial charge in [-0.2, -0.15) is 4.98 Å². The molecule has 2 aromatic carbocycles. The fourth-order valence-corrected chi connectivity index (χ4v) is 2.14. The molecule has 0 saturated carbocycles. The summed E-state index contributed by atoms with van der Waals surface area (Å²) in [5.41, 5.74) is 5.05. The summed E-state index contributed by atoms with van der Waals surface area (Å²) in [6.07, 6.45) is 3.41. The molecule has 6 nitrogen and oxygen atoms in total. The van der Waals surface area contributed by atoms with Crippen molar-refractivity contribution in [3.8, 4) is 5.75 Å². The van der Waals surface area contributed by atoms with Crippen molar-refractivity contribution in [3.63, 3.8) is 0 Å². The van der Waals surface area contributed by atoms with Gasteiger partial charge in [0.1, 0.15) is 11.4 Å². The monoisotopic (exact) mass is 357 g/mol. The molecular weight excluding hydrogens is 344 g/mol. The average molecular weight is 357 g/mol. The Hall–Kier alpha value is -3.55. The molecule has 8 heteroatoms. The lowest BCUT2D eigenvalue weighted by atomic mass is 10.1. The molecule has 0 saturated heterocycles. The Morgan fingerprint density at radius 3 is 2.65 bits per heavy atom. The van der Waals surface area contributed by atoms with Crippen molar-refractivity contribution < 1.29 is 22.8 Å². The Labute approximate surface area is 146 Å². The minimum Gasteiger partial charge on any atom is -0.482 e. The molecule has 0 fully saturated rings. The van der Waals surface area contributed by atoms with Crippen LogP contribution in [0.4, 0.5) is 8.78 Å². The van der Waals surface area contributed by atoms with Gasteiger partial charge in [-0.1, -0.05) is 35.5 Å². The number of hydrogen-bond acceptors (Lipinski definition) is 5. The van der Waals surface area contributed by atoms with E-state index in [1.54, 1.807) is 12.2 Å². The van der Waals surface area contributed by atoms with Crippen LogP contribution in [0.25, 0.3) is 12.2 Å². The number of carbonyl (C=O) groups excluding carboxylic acids is 1. The maximum atomic E-state index is 14.1. The number of carbonyl (C=O) groups is 1. The molecule has 3 rings (SSSR count). The number of hydrogen-bond donors (Lipinski definition) is 1. The van der Waals surface area contributed by atoms with E-state index in [2.05, 4.69) is 10.1 Å². The van der Waals surface area contributed by atoms with Gasteiger partial charge in [-0.25, -0.2) is 8.78 Å². The van der Waals surface area contributed by atoms with E-state index in [4.69, 9.17) is 15.0 Å². The molecule has 1 aromatic heterocycles. The van der Waals surface area contributed by atoms with Crippen LogP contribution in [0.5, 0.6) is 5.75 Å². The number of amides is 1. The molecule has 132 valence electrons. The lowest BCUT2D eigenvalue weighted by Gasteiger charge is -2.07. The summed E-state index contributed by atoms with van der Waals surface area (Å²) in [4.78, 5) is 15.2. The molecule has 0 radical (unpaired) electrons. The fourth-order valence-electron chi connectivity index (χ4n) is 2.14. The summed E-state index contributed by atoms with van der Waals surface area (Å²) in [6, 6.07) is 11.4. The normalized spacial score (nSPS) is 11.0. The van der Waals surface area contributed by atoms with Gasteiger partial charge in [0.05, 0.1) is 0 Å². The van der Waals surface area contributed by atoms with E-state index in [0.29, 0.717) is 0 Å². The number of primary amides is 1. The topological polar surface area (TPSA) is 91.2 Å². The van der Waals surface area contributed by atoms with Gasteiger partial charge >= 0.3 is 0 Å². The second-order valence-electron chi connectivity index (χ2n) is 5.18. The van der Waals surface area contributed by atoms with Gasteiger partial charge in [-0.05, 0) is 23.8 Å².